The van der Waals surface area contributed by atoms with E-state index in [1.165, 1.54) is 28.4 Å². The first-order valence-corrected chi connectivity index (χ1v) is 12.8. The number of carbonyl (C=O) groups is 3. The second-order valence-electron chi connectivity index (χ2n) is 8.76. The highest BCUT2D eigenvalue weighted by atomic mass is 32.1. The fourth-order valence-corrected chi connectivity index (χ4v) is 4.90. The molecule has 38 heavy (non-hydrogen) atoms. The SMILES string of the molecule is O=C(Nc1cccc(C2OC(=O)N(Cc3ccccc3)C2C(=O)NCc2ccc(F)cc2)c1)c1cccs1. The van der Waals surface area contributed by atoms with Gasteiger partial charge in [0.25, 0.3) is 5.91 Å². The summed E-state index contributed by atoms with van der Waals surface area (Å²) in [6, 6.07) is 24.6. The maximum atomic E-state index is 13.5. The zero-order chi connectivity index (χ0) is 26.5. The summed E-state index contributed by atoms with van der Waals surface area (Å²) in [5.41, 5.74) is 2.65. The van der Waals surface area contributed by atoms with Crippen molar-refractivity contribution < 1.29 is 23.5 Å². The molecule has 0 saturated carbocycles. The molecule has 4 aromatic rings. The molecule has 0 bridgehead atoms. The van der Waals surface area contributed by atoms with E-state index in [4.69, 9.17) is 4.74 Å². The highest BCUT2D eigenvalue weighted by Gasteiger charge is 2.47. The number of hydrogen-bond donors (Lipinski definition) is 2. The largest absolute Gasteiger partial charge is 0.438 e. The number of rotatable bonds is 8. The molecule has 0 radical (unpaired) electrons. The number of amides is 3. The Labute approximate surface area is 222 Å². The van der Waals surface area contributed by atoms with Gasteiger partial charge in [-0.15, -0.1) is 11.3 Å². The molecule has 192 valence electrons. The van der Waals surface area contributed by atoms with Gasteiger partial charge in [-0.2, -0.15) is 0 Å². The van der Waals surface area contributed by atoms with Crippen LogP contribution in [-0.2, 0) is 22.6 Å². The van der Waals surface area contributed by atoms with Crippen molar-refractivity contribution >= 4 is 34.9 Å². The normalized spacial score (nSPS) is 16.7. The minimum atomic E-state index is -0.966. The minimum absolute atomic E-state index is 0.159. The van der Waals surface area contributed by atoms with Crippen LogP contribution in [0.5, 0.6) is 0 Å². The van der Waals surface area contributed by atoms with Gasteiger partial charge in [-0.1, -0.05) is 60.7 Å². The summed E-state index contributed by atoms with van der Waals surface area (Å²) in [6.07, 6.45) is -1.52. The first kappa shape index (κ1) is 25.2. The Morgan fingerprint density at radius 3 is 2.45 bits per heavy atom. The molecule has 0 aliphatic carbocycles. The molecule has 0 spiro atoms. The van der Waals surface area contributed by atoms with E-state index in [0.717, 1.165) is 11.1 Å². The summed E-state index contributed by atoms with van der Waals surface area (Å²) < 4.78 is 19.0. The van der Waals surface area contributed by atoms with Crippen molar-refractivity contribution in [2.45, 2.75) is 25.2 Å². The number of halogens is 1. The van der Waals surface area contributed by atoms with Crippen molar-refractivity contribution in [1.82, 2.24) is 10.2 Å². The molecule has 1 aromatic heterocycles. The lowest BCUT2D eigenvalue weighted by Crippen LogP contribution is -2.46. The Hall–Kier alpha value is -4.50. The predicted octanol–water partition coefficient (Wildman–Crippen LogP) is 5.52. The van der Waals surface area contributed by atoms with Crippen molar-refractivity contribution in [3.8, 4) is 0 Å². The van der Waals surface area contributed by atoms with E-state index in [2.05, 4.69) is 10.6 Å². The Morgan fingerprint density at radius 2 is 1.71 bits per heavy atom. The molecule has 1 aliphatic rings. The van der Waals surface area contributed by atoms with Gasteiger partial charge < -0.3 is 15.4 Å². The summed E-state index contributed by atoms with van der Waals surface area (Å²) in [6.45, 7) is 0.340. The highest BCUT2D eigenvalue weighted by molar-refractivity contribution is 7.12. The van der Waals surface area contributed by atoms with E-state index in [1.54, 1.807) is 48.5 Å². The number of benzene rings is 3. The standard InChI is InChI=1S/C29H24FN3O4S/c30-22-13-11-19(12-14-22)17-31-28(35)25-26(37-29(36)33(25)18-20-6-2-1-3-7-20)21-8-4-9-23(16-21)32-27(34)24-10-5-15-38-24/h1-16,25-26H,17-18H2,(H,31,35)(H,32,34). The molecule has 2 atom stereocenters. The molecular weight excluding hydrogens is 505 g/mol. The van der Waals surface area contributed by atoms with Crippen LogP contribution in [0.4, 0.5) is 14.9 Å². The Kier molecular flexibility index (Phi) is 7.46. The van der Waals surface area contributed by atoms with Crippen LogP contribution in [0, 0.1) is 5.82 Å². The van der Waals surface area contributed by atoms with Gasteiger partial charge in [-0.3, -0.25) is 14.5 Å². The maximum Gasteiger partial charge on any atom is 0.411 e. The number of hydrogen-bond acceptors (Lipinski definition) is 5. The lowest BCUT2D eigenvalue weighted by Gasteiger charge is -2.24. The number of thiophene rings is 1. The molecular formula is C29H24FN3O4S. The number of carbonyl (C=O) groups excluding carboxylic acids is 3. The number of ether oxygens (including phenoxy) is 1. The predicted molar refractivity (Wildman–Crippen MR) is 142 cm³/mol. The van der Waals surface area contributed by atoms with Gasteiger partial charge in [0.2, 0.25) is 5.91 Å². The number of nitrogens with one attached hydrogen (secondary N) is 2. The van der Waals surface area contributed by atoms with E-state index >= 15 is 0 Å². The first-order chi connectivity index (χ1) is 18.5. The van der Waals surface area contributed by atoms with E-state index < -0.39 is 24.1 Å². The Balaban J connectivity index is 1.40. The fourth-order valence-electron chi connectivity index (χ4n) is 4.28. The van der Waals surface area contributed by atoms with E-state index in [1.807, 2.05) is 35.7 Å². The average Bonchev–Trinajstić information content (AvgIpc) is 3.58. The van der Waals surface area contributed by atoms with Crippen LogP contribution in [0.1, 0.15) is 32.5 Å². The second-order valence-corrected chi connectivity index (χ2v) is 9.71. The Bertz CT molecular complexity index is 1430. The molecule has 3 aromatic carbocycles. The van der Waals surface area contributed by atoms with Gasteiger partial charge in [0.05, 0.1) is 11.4 Å². The lowest BCUT2D eigenvalue weighted by atomic mass is 10.00. The number of cyclic esters (lactones) is 1. The average molecular weight is 530 g/mol. The van der Waals surface area contributed by atoms with Crippen LogP contribution in [0.2, 0.25) is 0 Å². The first-order valence-electron chi connectivity index (χ1n) is 12.0. The topological polar surface area (TPSA) is 87.7 Å². The monoisotopic (exact) mass is 529 g/mol. The van der Waals surface area contributed by atoms with Crippen LogP contribution in [0.25, 0.3) is 0 Å². The van der Waals surface area contributed by atoms with Crippen molar-refractivity contribution in [2.24, 2.45) is 0 Å². The van der Waals surface area contributed by atoms with Crippen LogP contribution in [-0.4, -0.2) is 28.8 Å². The molecule has 1 saturated heterocycles. The van der Waals surface area contributed by atoms with E-state index in [-0.39, 0.29) is 24.8 Å². The number of anilines is 1. The van der Waals surface area contributed by atoms with Crippen LogP contribution in [0.15, 0.2) is 96.4 Å². The van der Waals surface area contributed by atoms with Crippen molar-refractivity contribution in [3.63, 3.8) is 0 Å². The van der Waals surface area contributed by atoms with Gasteiger partial charge in [0, 0.05) is 12.2 Å². The summed E-state index contributed by atoms with van der Waals surface area (Å²) in [4.78, 5) is 41.0. The number of nitrogens with zero attached hydrogens (tertiary/aromatic N) is 1. The molecule has 5 rings (SSSR count). The summed E-state index contributed by atoms with van der Waals surface area (Å²) in [7, 11) is 0. The zero-order valence-corrected chi connectivity index (χ0v) is 21.0. The fraction of sp³-hybridized carbons (Fsp3) is 0.138. The van der Waals surface area contributed by atoms with E-state index in [0.29, 0.717) is 16.1 Å². The molecule has 2 unspecified atom stereocenters. The lowest BCUT2D eigenvalue weighted by molar-refractivity contribution is -0.126. The quantitative estimate of drug-likeness (QED) is 0.315. The van der Waals surface area contributed by atoms with Crippen molar-refractivity contribution in [3.05, 3.63) is 124 Å². The maximum absolute atomic E-state index is 13.5. The van der Waals surface area contributed by atoms with Crippen LogP contribution >= 0.6 is 11.3 Å². The van der Waals surface area contributed by atoms with Crippen molar-refractivity contribution in [2.75, 3.05) is 5.32 Å². The van der Waals surface area contributed by atoms with Crippen molar-refractivity contribution in [1.29, 1.82) is 0 Å². The third-order valence-electron chi connectivity index (χ3n) is 6.15. The third-order valence-corrected chi connectivity index (χ3v) is 7.02. The van der Waals surface area contributed by atoms with Crippen LogP contribution < -0.4 is 10.6 Å². The molecule has 7 nitrogen and oxygen atoms in total. The van der Waals surface area contributed by atoms with Crippen LogP contribution in [0.3, 0.4) is 0 Å². The second kappa shape index (κ2) is 11.3. The highest BCUT2D eigenvalue weighted by Crippen LogP contribution is 2.35. The van der Waals surface area contributed by atoms with Gasteiger partial charge in [0.1, 0.15) is 5.82 Å². The minimum Gasteiger partial charge on any atom is -0.438 e. The molecule has 1 aliphatic heterocycles. The van der Waals surface area contributed by atoms with Gasteiger partial charge >= 0.3 is 6.09 Å². The van der Waals surface area contributed by atoms with Gasteiger partial charge in [0.15, 0.2) is 12.1 Å². The molecule has 3 amide bonds. The molecule has 2 N–H and O–H groups in total. The summed E-state index contributed by atoms with van der Waals surface area (Å²) >= 11 is 1.33. The van der Waals surface area contributed by atoms with Gasteiger partial charge in [-0.05, 0) is 52.4 Å². The van der Waals surface area contributed by atoms with E-state index in [9.17, 15) is 18.8 Å². The molecule has 9 heteroatoms. The molecule has 2 heterocycles. The summed E-state index contributed by atoms with van der Waals surface area (Å²) in [5, 5.41) is 7.53. The Morgan fingerprint density at radius 1 is 0.921 bits per heavy atom. The third kappa shape index (κ3) is 5.73. The smallest absolute Gasteiger partial charge is 0.411 e. The van der Waals surface area contributed by atoms with Gasteiger partial charge in [-0.25, -0.2) is 9.18 Å². The molecule has 1 fully saturated rings. The summed E-state index contributed by atoms with van der Waals surface area (Å²) in [5.74, 6) is -1.02. The zero-order valence-electron chi connectivity index (χ0n) is 20.2.